The number of rotatable bonds is 4. The van der Waals surface area contributed by atoms with Crippen molar-refractivity contribution in [2.24, 2.45) is 0 Å². The predicted molar refractivity (Wildman–Crippen MR) is 109 cm³/mol. The SMILES string of the molecule is CCOc1cc(-c2ccc(N3CCN(C(C)=O)CC3)nc2)c2c(C#N)cnn2c1. The summed E-state index contributed by atoms with van der Waals surface area (Å²) < 4.78 is 7.34. The number of aromatic nitrogens is 3. The zero-order chi connectivity index (χ0) is 20.4. The summed E-state index contributed by atoms with van der Waals surface area (Å²) in [5.74, 6) is 1.68. The number of carbonyl (C=O) groups is 1. The first-order chi connectivity index (χ1) is 14.1. The van der Waals surface area contributed by atoms with E-state index in [0.29, 0.717) is 31.0 Å². The lowest BCUT2D eigenvalue weighted by molar-refractivity contribution is -0.129. The number of amides is 1. The van der Waals surface area contributed by atoms with Gasteiger partial charge in [-0.2, -0.15) is 10.4 Å². The minimum Gasteiger partial charge on any atom is -0.492 e. The highest BCUT2D eigenvalue weighted by Gasteiger charge is 2.20. The van der Waals surface area contributed by atoms with E-state index in [9.17, 15) is 10.1 Å². The van der Waals surface area contributed by atoms with Gasteiger partial charge >= 0.3 is 0 Å². The van der Waals surface area contributed by atoms with Gasteiger partial charge < -0.3 is 14.5 Å². The predicted octanol–water partition coefficient (Wildman–Crippen LogP) is 2.34. The summed E-state index contributed by atoms with van der Waals surface area (Å²) >= 11 is 0. The minimum atomic E-state index is 0.111. The van der Waals surface area contributed by atoms with E-state index in [2.05, 4.69) is 21.1 Å². The van der Waals surface area contributed by atoms with E-state index in [4.69, 9.17) is 4.74 Å². The second-order valence-corrected chi connectivity index (χ2v) is 6.88. The van der Waals surface area contributed by atoms with Gasteiger partial charge in [0, 0.05) is 50.4 Å². The Morgan fingerprint density at radius 1 is 1.24 bits per heavy atom. The fourth-order valence-electron chi connectivity index (χ4n) is 3.63. The quantitative estimate of drug-likeness (QED) is 0.680. The van der Waals surface area contributed by atoms with E-state index in [1.54, 1.807) is 23.8 Å². The average molecular weight is 390 g/mol. The second-order valence-electron chi connectivity index (χ2n) is 6.88. The van der Waals surface area contributed by atoms with E-state index >= 15 is 0 Å². The van der Waals surface area contributed by atoms with Gasteiger partial charge in [-0.15, -0.1) is 0 Å². The van der Waals surface area contributed by atoms with Crippen LogP contribution in [0.2, 0.25) is 0 Å². The zero-order valence-electron chi connectivity index (χ0n) is 16.5. The number of piperazine rings is 1. The monoisotopic (exact) mass is 390 g/mol. The maximum atomic E-state index is 11.5. The lowest BCUT2D eigenvalue weighted by Crippen LogP contribution is -2.48. The van der Waals surface area contributed by atoms with Crippen molar-refractivity contribution < 1.29 is 9.53 Å². The number of hydrogen-bond donors (Lipinski definition) is 0. The highest BCUT2D eigenvalue weighted by atomic mass is 16.5. The lowest BCUT2D eigenvalue weighted by Gasteiger charge is -2.34. The number of anilines is 1. The van der Waals surface area contributed by atoms with Gasteiger partial charge in [-0.05, 0) is 25.1 Å². The normalized spacial score (nSPS) is 14.1. The Morgan fingerprint density at radius 3 is 2.66 bits per heavy atom. The number of carbonyl (C=O) groups excluding carboxylic acids is 1. The van der Waals surface area contributed by atoms with Crippen molar-refractivity contribution in [3.63, 3.8) is 0 Å². The smallest absolute Gasteiger partial charge is 0.219 e. The molecule has 8 nitrogen and oxygen atoms in total. The Bertz CT molecular complexity index is 1070. The first-order valence-corrected chi connectivity index (χ1v) is 9.62. The molecule has 1 fully saturated rings. The Balaban J connectivity index is 1.65. The molecule has 0 aliphatic carbocycles. The van der Waals surface area contributed by atoms with Gasteiger partial charge in [0.1, 0.15) is 17.6 Å². The molecule has 0 spiro atoms. The van der Waals surface area contributed by atoms with Crippen molar-refractivity contribution in [2.45, 2.75) is 13.8 Å². The summed E-state index contributed by atoms with van der Waals surface area (Å²) in [6.07, 6.45) is 5.15. The molecule has 148 valence electrons. The molecule has 4 heterocycles. The first kappa shape index (κ1) is 18.7. The highest BCUT2D eigenvalue weighted by Crippen LogP contribution is 2.31. The number of nitrogens with zero attached hydrogens (tertiary/aromatic N) is 6. The lowest BCUT2D eigenvalue weighted by atomic mass is 10.1. The van der Waals surface area contributed by atoms with E-state index in [-0.39, 0.29) is 5.91 Å². The number of ether oxygens (including phenoxy) is 1. The third-order valence-electron chi connectivity index (χ3n) is 5.13. The van der Waals surface area contributed by atoms with Crippen LogP contribution in [0.3, 0.4) is 0 Å². The van der Waals surface area contributed by atoms with Crippen LogP contribution in [-0.2, 0) is 4.79 Å². The Morgan fingerprint density at radius 2 is 2.03 bits per heavy atom. The van der Waals surface area contributed by atoms with Crippen LogP contribution in [0, 0.1) is 11.3 Å². The molecular weight excluding hydrogens is 368 g/mol. The van der Waals surface area contributed by atoms with Gasteiger partial charge in [-0.25, -0.2) is 9.50 Å². The molecule has 0 saturated carbocycles. The molecule has 1 aliphatic heterocycles. The van der Waals surface area contributed by atoms with Crippen LogP contribution in [0.25, 0.3) is 16.6 Å². The summed E-state index contributed by atoms with van der Waals surface area (Å²) in [5.41, 5.74) is 2.98. The van der Waals surface area contributed by atoms with Crippen molar-refractivity contribution in [3.8, 4) is 22.9 Å². The standard InChI is InChI=1S/C21H22N6O2/c1-3-29-18-10-19(21-17(11-22)13-24-27(21)14-18)16-4-5-20(23-12-16)26-8-6-25(7-9-26)15(2)28/h4-5,10,12-14H,3,6-9H2,1-2H3. The van der Waals surface area contributed by atoms with Crippen molar-refractivity contribution >= 4 is 17.2 Å². The summed E-state index contributed by atoms with van der Waals surface area (Å²) in [5, 5.41) is 13.7. The molecule has 1 amide bonds. The average Bonchev–Trinajstić information content (AvgIpc) is 3.17. The maximum absolute atomic E-state index is 11.5. The fraction of sp³-hybridized carbons (Fsp3) is 0.333. The third kappa shape index (κ3) is 3.59. The highest BCUT2D eigenvalue weighted by molar-refractivity contribution is 5.85. The van der Waals surface area contributed by atoms with Gasteiger partial charge in [0.2, 0.25) is 5.91 Å². The van der Waals surface area contributed by atoms with E-state index in [0.717, 1.165) is 35.6 Å². The summed E-state index contributed by atoms with van der Waals surface area (Å²) in [7, 11) is 0. The molecule has 4 rings (SSSR count). The summed E-state index contributed by atoms with van der Waals surface area (Å²) in [6.45, 7) is 7.01. The molecule has 3 aromatic rings. The van der Waals surface area contributed by atoms with Crippen LogP contribution in [-0.4, -0.2) is 58.2 Å². The number of nitriles is 1. The molecule has 0 aromatic carbocycles. The van der Waals surface area contributed by atoms with Crippen LogP contribution in [0.5, 0.6) is 5.75 Å². The molecule has 8 heteroatoms. The zero-order valence-corrected chi connectivity index (χ0v) is 16.5. The van der Waals surface area contributed by atoms with Gasteiger partial charge in [0.05, 0.1) is 30.1 Å². The van der Waals surface area contributed by atoms with E-state index in [1.165, 1.54) is 0 Å². The molecule has 0 radical (unpaired) electrons. The van der Waals surface area contributed by atoms with Gasteiger partial charge in [0.25, 0.3) is 0 Å². The largest absolute Gasteiger partial charge is 0.492 e. The molecule has 29 heavy (non-hydrogen) atoms. The van der Waals surface area contributed by atoms with Crippen molar-refractivity contribution in [2.75, 3.05) is 37.7 Å². The Labute approximate surface area is 168 Å². The molecule has 3 aromatic heterocycles. The van der Waals surface area contributed by atoms with Crippen LogP contribution in [0.15, 0.2) is 36.8 Å². The van der Waals surface area contributed by atoms with Crippen LogP contribution in [0.1, 0.15) is 19.4 Å². The Kier molecular flexibility index (Phi) is 5.04. The third-order valence-corrected chi connectivity index (χ3v) is 5.13. The number of hydrogen-bond acceptors (Lipinski definition) is 6. The second kappa shape index (κ2) is 7.80. The van der Waals surface area contributed by atoms with Crippen molar-refractivity contribution in [3.05, 3.63) is 42.4 Å². The Hall–Kier alpha value is -3.60. The number of pyridine rings is 2. The molecular formula is C21H22N6O2. The minimum absolute atomic E-state index is 0.111. The van der Waals surface area contributed by atoms with Crippen molar-refractivity contribution in [1.29, 1.82) is 5.26 Å². The summed E-state index contributed by atoms with van der Waals surface area (Å²) in [4.78, 5) is 20.2. The van der Waals surface area contributed by atoms with Gasteiger partial charge in [-0.1, -0.05) is 0 Å². The van der Waals surface area contributed by atoms with Gasteiger partial charge in [-0.3, -0.25) is 4.79 Å². The molecule has 0 N–H and O–H groups in total. The molecule has 0 atom stereocenters. The topological polar surface area (TPSA) is 86.8 Å². The van der Waals surface area contributed by atoms with Crippen LogP contribution in [0.4, 0.5) is 5.82 Å². The van der Waals surface area contributed by atoms with Crippen LogP contribution >= 0.6 is 0 Å². The summed E-state index contributed by atoms with van der Waals surface area (Å²) in [6, 6.07) is 8.10. The molecule has 1 aliphatic rings. The molecule has 1 saturated heterocycles. The van der Waals surface area contributed by atoms with Gasteiger partial charge in [0.15, 0.2) is 0 Å². The molecule has 0 unspecified atom stereocenters. The van der Waals surface area contributed by atoms with E-state index < -0.39 is 0 Å². The molecule has 0 bridgehead atoms. The van der Waals surface area contributed by atoms with Crippen LogP contribution < -0.4 is 9.64 Å². The maximum Gasteiger partial charge on any atom is 0.219 e. The fourth-order valence-corrected chi connectivity index (χ4v) is 3.63. The van der Waals surface area contributed by atoms with Crippen molar-refractivity contribution in [1.82, 2.24) is 19.5 Å². The first-order valence-electron chi connectivity index (χ1n) is 9.62. The van der Waals surface area contributed by atoms with E-state index in [1.807, 2.05) is 36.2 Å². The number of fused-ring (bicyclic) bond motifs is 1.